The van der Waals surface area contributed by atoms with E-state index >= 15 is 0 Å². The van der Waals surface area contributed by atoms with Crippen molar-refractivity contribution in [1.29, 1.82) is 0 Å². The molecule has 66 heavy (non-hydrogen) atoms. The van der Waals surface area contributed by atoms with Crippen LogP contribution >= 0.6 is 23.2 Å². The number of benzene rings is 2. The van der Waals surface area contributed by atoms with E-state index in [-0.39, 0.29) is 67.3 Å². The maximum Gasteiger partial charge on any atom is 0.436 e. The normalized spacial score (nSPS) is 12.5. The number of carboxylic acids is 1. The summed E-state index contributed by atoms with van der Waals surface area (Å²) in [5.41, 5.74) is 7.99. The van der Waals surface area contributed by atoms with Gasteiger partial charge in [0.1, 0.15) is 23.7 Å². The number of carbonyl (C=O) groups excluding carboxylic acids is 1. The summed E-state index contributed by atoms with van der Waals surface area (Å²) in [5.74, 6) is -1.92. The molecule has 0 aliphatic carbocycles. The highest BCUT2D eigenvalue weighted by Crippen LogP contribution is 2.38. The van der Waals surface area contributed by atoms with Crippen LogP contribution in [0.3, 0.4) is 0 Å². The van der Waals surface area contributed by atoms with Gasteiger partial charge in [0.25, 0.3) is 0 Å². The van der Waals surface area contributed by atoms with Crippen LogP contribution in [0.25, 0.3) is 11.4 Å². The fourth-order valence-corrected chi connectivity index (χ4v) is 7.39. The second kappa shape index (κ2) is 22.2. The van der Waals surface area contributed by atoms with Gasteiger partial charge >= 0.3 is 18.3 Å². The van der Waals surface area contributed by atoms with Crippen molar-refractivity contribution in [3.8, 4) is 11.4 Å². The number of aliphatic carboxylic acids is 1. The minimum Gasteiger partial charge on any atom is -0.480 e. The predicted molar refractivity (Wildman–Crippen MR) is 235 cm³/mol. The molecule has 0 bridgehead atoms. The van der Waals surface area contributed by atoms with Crippen LogP contribution < -0.4 is 5.73 Å². The summed E-state index contributed by atoms with van der Waals surface area (Å²) >= 11 is 11.4. The van der Waals surface area contributed by atoms with Crippen LogP contribution in [0.2, 0.25) is 10.0 Å². The standard InChI is InChI=1S/C22H23ClF4N4O.C12H14FN3.C9H10ClF3N2O2.CH4/c1-5-17(30-13(4)19(23)21(29-30)22(25,26)27)18(32)10-14-11-28-31(20(14)12(2)3)16-8-6-15(24)7-9-16;1-8(2)12-11(14)7-15-16(12)10-5-3-9(13)4-6-10;1-3-5(8(16)17)15-4(2)6(10)7(14-15)9(11,12)13;/h6-9,11-12,17H,5,10H2,1-4H3;3-8H,14H2,1-2H3;5H,3H2,1-2H3,(H,16,17);1H4. The molecule has 0 radical (unpaired) electrons. The number of aromatic nitrogens is 8. The third kappa shape index (κ3) is 12.4. The molecule has 3 N–H and O–H groups in total. The molecule has 0 saturated carbocycles. The lowest BCUT2D eigenvalue weighted by molar-refractivity contribution is -0.144. The van der Waals surface area contributed by atoms with E-state index in [4.69, 9.17) is 34.0 Å². The number of alkyl halides is 6. The van der Waals surface area contributed by atoms with Gasteiger partial charge in [0.2, 0.25) is 0 Å². The summed E-state index contributed by atoms with van der Waals surface area (Å²) in [4.78, 5) is 24.0. The van der Waals surface area contributed by atoms with Gasteiger partial charge in [-0.15, -0.1) is 0 Å². The molecule has 0 aliphatic rings. The van der Waals surface area contributed by atoms with Crippen molar-refractivity contribution >= 4 is 40.6 Å². The second-order valence-electron chi connectivity index (χ2n) is 15.3. The molecule has 0 spiro atoms. The first-order chi connectivity index (χ1) is 30.2. The van der Waals surface area contributed by atoms with Crippen LogP contribution in [0, 0.1) is 25.5 Å². The second-order valence-corrected chi connectivity index (χ2v) is 16.1. The van der Waals surface area contributed by atoms with Gasteiger partial charge in [-0.25, -0.2) is 22.9 Å². The van der Waals surface area contributed by atoms with Gasteiger partial charge in [-0.3, -0.25) is 14.2 Å². The molecule has 0 saturated heterocycles. The van der Waals surface area contributed by atoms with Crippen molar-refractivity contribution in [3.05, 3.63) is 122 Å². The van der Waals surface area contributed by atoms with E-state index in [0.717, 1.165) is 26.4 Å². The Morgan fingerprint density at radius 1 is 0.682 bits per heavy atom. The van der Waals surface area contributed by atoms with E-state index in [0.29, 0.717) is 16.9 Å². The minimum atomic E-state index is -4.71. The number of Topliss-reactive ketones (excluding diaryl/α,β-unsaturated/α-hetero) is 1. The number of carbonyl (C=O) groups is 2. The van der Waals surface area contributed by atoms with Crippen molar-refractivity contribution in [1.82, 2.24) is 39.1 Å². The molecule has 2 atom stereocenters. The third-order valence-electron chi connectivity index (χ3n) is 10.0. The summed E-state index contributed by atoms with van der Waals surface area (Å²) in [6.45, 7) is 13.9. The first kappa shape index (κ1) is 54.6. The van der Waals surface area contributed by atoms with Crippen LogP contribution in [0.15, 0.2) is 60.9 Å². The van der Waals surface area contributed by atoms with Crippen molar-refractivity contribution in [3.63, 3.8) is 0 Å². The van der Waals surface area contributed by atoms with Crippen LogP contribution in [0.1, 0.15) is 125 Å². The van der Waals surface area contributed by atoms with Gasteiger partial charge in [-0.2, -0.15) is 46.7 Å². The van der Waals surface area contributed by atoms with Gasteiger partial charge in [-0.1, -0.05) is 72.2 Å². The van der Waals surface area contributed by atoms with E-state index in [1.165, 1.54) is 38.1 Å². The first-order valence-corrected chi connectivity index (χ1v) is 20.8. The highest BCUT2D eigenvalue weighted by molar-refractivity contribution is 6.32. The van der Waals surface area contributed by atoms with Gasteiger partial charge in [0, 0.05) is 12.0 Å². The lowest BCUT2D eigenvalue weighted by Gasteiger charge is -2.18. The van der Waals surface area contributed by atoms with Crippen molar-refractivity contribution < 1.29 is 49.8 Å². The van der Waals surface area contributed by atoms with Crippen LogP contribution in [-0.2, 0) is 28.4 Å². The molecule has 4 aromatic heterocycles. The number of nitrogen functional groups attached to an aromatic ring is 1. The molecule has 22 heteroatoms. The number of nitrogens with zero attached hydrogens (tertiary/aromatic N) is 8. The Morgan fingerprint density at radius 3 is 1.41 bits per heavy atom. The zero-order valence-corrected chi connectivity index (χ0v) is 37.9. The molecular formula is C44H51Cl2F8N9O3. The number of anilines is 1. The Bertz CT molecular complexity index is 2580. The Morgan fingerprint density at radius 2 is 1.06 bits per heavy atom. The maximum atomic E-state index is 13.3. The minimum absolute atomic E-state index is 0. The number of nitrogens with two attached hydrogens (primary N) is 1. The number of halogens is 10. The third-order valence-corrected chi connectivity index (χ3v) is 10.9. The maximum absolute atomic E-state index is 13.3. The average molecular weight is 977 g/mol. The molecule has 0 amide bonds. The molecule has 6 aromatic rings. The number of rotatable bonds is 12. The number of hydrogen-bond acceptors (Lipinski definition) is 7. The predicted octanol–water partition coefficient (Wildman–Crippen LogP) is 12.3. The lowest BCUT2D eigenvalue weighted by Crippen LogP contribution is -2.24. The van der Waals surface area contributed by atoms with Crippen molar-refractivity contribution in [2.45, 2.75) is 118 Å². The van der Waals surface area contributed by atoms with Gasteiger partial charge in [0.05, 0.1) is 62.3 Å². The van der Waals surface area contributed by atoms with E-state index in [1.807, 2.05) is 27.7 Å². The van der Waals surface area contributed by atoms with Gasteiger partial charge in [-0.05, 0) is 87.1 Å². The topological polar surface area (TPSA) is 152 Å². The summed E-state index contributed by atoms with van der Waals surface area (Å²) < 4.78 is 109. The van der Waals surface area contributed by atoms with Gasteiger partial charge < -0.3 is 10.8 Å². The molecule has 4 heterocycles. The summed E-state index contributed by atoms with van der Waals surface area (Å²) in [6.07, 6.45) is -5.89. The zero-order valence-electron chi connectivity index (χ0n) is 36.4. The molecule has 2 aromatic carbocycles. The molecule has 12 nitrogen and oxygen atoms in total. The van der Waals surface area contributed by atoms with E-state index in [9.17, 15) is 44.7 Å². The highest BCUT2D eigenvalue weighted by Gasteiger charge is 2.41. The molecule has 0 aliphatic heterocycles. The number of carboxylic acid groups (broad SMARTS) is 1. The smallest absolute Gasteiger partial charge is 0.436 e. The van der Waals surface area contributed by atoms with Crippen LogP contribution in [0.4, 0.5) is 40.8 Å². The van der Waals surface area contributed by atoms with Crippen molar-refractivity contribution in [2.75, 3.05) is 5.73 Å². The largest absolute Gasteiger partial charge is 0.480 e. The fraction of sp³-hybridized carbons (Fsp3) is 0.409. The molecule has 360 valence electrons. The van der Waals surface area contributed by atoms with E-state index in [2.05, 4.69) is 20.4 Å². The molecule has 6 rings (SSSR count). The quantitative estimate of drug-likeness (QED) is 0.115. The average Bonchev–Trinajstić information content (AvgIpc) is 3.97. The Balaban J connectivity index is 0.000000287. The zero-order chi connectivity index (χ0) is 48.9. The monoisotopic (exact) mass is 975 g/mol. The van der Waals surface area contributed by atoms with E-state index < -0.39 is 51.8 Å². The Hall–Kier alpha value is -5.76. The first-order valence-electron chi connectivity index (χ1n) is 20.1. The molecule has 2 unspecified atom stereocenters. The fourth-order valence-electron chi connectivity index (χ4n) is 6.93. The van der Waals surface area contributed by atoms with E-state index in [1.54, 1.807) is 59.9 Å². The number of ketones is 1. The SMILES string of the molecule is C.CC(C)c1c(N)cnn1-c1ccc(F)cc1.CCC(C(=O)Cc1cnn(-c2ccc(F)cc2)c1C(C)C)n1nc(C(F)(F)F)c(Cl)c1C.CCC(C(=O)O)n1nc(C(F)(F)F)c(Cl)c1C. The summed E-state index contributed by atoms with van der Waals surface area (Å²) in [7, 11) is 0. The molecule has 0 fully saturated rings. The lowest BCUT2D eigenvalue weighted by atomic mass is 9.98. The van der Waals surface area contributed by atoms with Gasteiger partial charge in [0.15, 0.2) is 17.2 Å². The Kier molecular flexibility index (Phi) is 18.3. The Labute approximate surface area is 386 Å². The van der Waals surface area contributed by atoms with Crippen LogP contribution in [-0.4, -0.2) is 56.0 Å². The number of hydrogen-bond donors (Lipinski definition) is 2. The molecular weight excluding hydrogens is 925 g/mol. The van der Waals surface area contributed by atoms with Crippen molar-refractivity contribution in [2.24, 2.45) is 0 Å². The highest BCUT2D eigenvalue weighted by atomic mass is 35.5. The summed E-state index contributed by atoms with van der Waals surface area (Å²) in [6, 6.07) is 9.96. The van der Waals surface area contributed by atoms with Crippen LogP contribution in [0.5, 0.6) is 0 Å². The summed E-state index contributed by atoms with van der Waals surface area (Å²) in [5, 5.41) is 23.2.